The topological polar surface area (TPSA) is 12.9 Å². The number of benzene rings is 5. The van der Waals surface area contributed by atoms with Gasteiger partial charge in [0.05, 0.1) is 0 Å². The summed E-state index contributed by atoms with van der Waals surface area (Å²) >= 11 is 3.72. The van der Waals surface area contributed by atoms with E-state index in [1.165, 1.54) is 54.6 Å². The van der Waals surface area contributed by atoms with Crippen LogP contribution in [0.5, 0.6) is 0 Å². The summed E-state index contributed by atoms with van der Waals surface area (Å²) in [5.41, 5.74) is 4.82. The third-order valence-corrected chi connectivity index (χ3v) is 6.21. The Labute approximate surface area is 177 Å². The van der Waals surface area contributed by atoms with Crippen molar-refractivity contribution in [2.24, 2.45) is 0 Å². The second-order valence-corrected chi connectivity index (χ2v) is 8.35. The number of pyridine rings is 1. The molecule has 136 valence electrons. The Morgan fingerprint density at radius 2 is 1.21 bits per heavy atom. The SMILES string of the molecule is Brc1cc(-c2ccncc2)cc(-c2ccc3ccc4cccc5ccc2c3c45)c1. The minimum Gasteiger partial charge on any atom is -0.265 e. The summed E-state index contributed by atoms with van der Waals surface area (Å²) in [6.07, 6.45) is 3.68. The lowest BCUT2D eigenvalue weighted by Gasteiger charge is -2.15. The lowest BCUT2D eigenvalue weighted by Crippen LogP contribution is -1.88. The van der Waals surface area contributed by atoms with Crippen LogP contribution in [0.3, 0.4) is 0 Å². The zero-order chi connectivity index (χ0) is 19.4. The van der Waals surface area contributed by atoms with Gasteiger partial charge >= 0.3 is 0 Å². The van der Waals surface area contributed by atoms with Crippen LogP contribution < -0.4 is 0 Å². The molecule has 1 nitrogen and oxygen atoms in total. The highest BCUT2D eigenvalue weighted by molar-refractivity contribution is 9.10. The van der Waals surface area contributed by atoms with Crippen LogP contribution in [0.2, 0.25) is 0 Å². The lowest BCUT2D eigenvalue weighted by molar-refractivity contribution is 1.33. The van der Waals surface area contributed by atoms with Crippen LogP contribution >= 0.6 is 15.9 Å². The molecule has 6 aromatic rings. The molecule has 0 bridgehead atoms. The first-order chi connectivity index (χ1) is 14.3. The molecule has 0 aliphatic rings. The van der Waals surface area contributed by atoms with Crippen molar-refractivity contribution >= 4 is 48.2 Å². The molecule has 0 aliphatic carbocycles. The summed E-state index contributed by atoms with van der Waals surface area (Å²) in [7, 11) is 0. The van der Waals surface area contributed by atoms with Crippen LogP contribution in [0, 0.1) is 0 Å². The molecule has 1 aromatic heterocycles. The van der Waals surface area contributed by atoms with E-state index in [9.17, 15) is 0 Å². The van der Waals surface area contributed by atoms with Crippen LogP contribution in [0.1, 0.15) is 0 Å². The summed E-state index contributed by atoms with van der Waals surface area (Å²) in [6, 6.07) is 30.8. The Morgan fingerprint density at radius 3 is 2.00 bits per heavy atom. The van der Waals surface area contributed by atoms with E-state index >= 15 is 0 Å². The predicted octanol–water partition coefficient (Wildman–Crippen LogP) is 8.08. The number of aromatic nitrogens is 1. The van der Waals surface area contributed by atoms with Crippen molar-refractivity contribution in [1.29, 1.82) is 0 Å². The van der Waals surface area contributed by atoms with E-state index in [0.29, 0.717) is 0 Å². The van der Waals surface area contributed by atoms with Gasteiger partial charge < -0.3 is 0 Å². The van der Waals surface area contributed by atoms with Crippen molar-refractivity contribution in [3.8, 4) is 22.3 Å². The standard InChI is InChI=1S/C27H16BrN/c28-23-15-21(17-10-12-29-13-11-17)14-22(16-23)24-8-6-20-5-4-18-2-1-3-19-7-9-25(24)27(20)26(18)19/h1-16H. The molecular formula is C27H16BrN. The summed E-state index contributed by atoms with van der Waals surface area (Å²) in [4.78, 5) is 4.15. The highest BCUT2D eigenvalue weighted by atomic mass is 79.9. The number of hydrogen-bond acceptors (Lipinski definition) is 1. The number of nitrogens with zero attached hydrogens (tertiary/aromatic N) is 1. The molecule has 1 heterocycles. The molecule has 0 fully saturated rings. The first kappa shape index (κ1) is 16.7. The fourth-order valence-corrected chi connectivity index (χ4v) is 4.94. The predicted molar refractivity (Wildman–Crippen MR) is 127 cm³/mol. The Kier molecular flexibility index (Phi) is 3.68. The van der Waals surface area contributed by atoms with Gasteiger partial charge in [-0.15, -0.1) is 0 Å². The van der Waals surface area contributed by atoms with Crippen molar-refractivity contribution in [2.45, 2.75) is 0 Å². The van der Waals surface area contributed by atoms with Gasteiger partial charge in [-0.3, -0.25) is 4.98 Å². The molecular weight excluding hydrogens is 418 g/mol. The van der Waals surface area contributed by atoms with Gasteiger partial charge in [0.25, 0.3) is 0 Å². The normalized spacial score (nSPS) is 11.6. The Morgan fingerprint density at radius 1 is 0.552 bits per heavy atom. The summed E-state index contributed by atoms with van der Waals surface area (Å²) < 4.78 is 1.08. The van der Waals surface area contributed by atoms with Gasteiger partial charge in [-0.05, 0) is 84.9 Å². The molecule has 0 atom stereocenters. The Balaban J connectivity index is 1.67. The fraction of sp³-hybridized carbons (Fsp3) is 0. The Bertz CT molecular complexity index is 1490. The number of halogens is 1. The van der Waals surface area contributed by atoms with Crippen LogP contribution in [-0.2, 0) is 0 Å². The second kappa shape index (κ2) is 6.40. The molecule has 0 radical (unpaired) electrons. The monoisotopic (exact) mass is 433 g/mol. The van der Waals surface area contributed by atoms with E-state index in [1.807, 2.05) is 12.4 Å². The Hall–Kier alpha value is -3.23. The van der Waals surface area contributed by atoms with E-state index in [0.717, 1.165) is 4.47 Å². The molecule has 0 N–H and O–H groups in total. The number of rotatable bonds is 2. The highest BCUT2D eigenvalue weighted by Crippen LogP contribution is 2.40. The van der Waals surface area contributed by atoms with Crippen LogP contribution in [-0.4, -0.2) is 4.98 Å². The van der Waals surface area contributed by atoms with Crippen molar-refractivity contribution < 1.29 is 0 Å². The van der Waals surface area contributed by atoms with Crippen LogP contribution in [0.4, 0.5) is 0 Å². The zero-order valence-electron chi connectivity index (χ0n) is 15.6. The lowest BCUT2D eigenvalue weighted by atomic mass is 9.89. The van der Waals surface area contributed by atoms with Crippen molar-refractivity contribution in [1.82, 2.24) is 4.98 Å². The molecule has 0 amide bonds. The minimum absolute atomic E-state index is 1.08. The molecule has 2 heteroatoms. The molecule has 0 spiro atoms. The van der Waals surface area contributed by atoms with Gasteiger partial charge in [0, 0.05) is 16.9 Å². The van der Waals surface area contributed by atoms with Gasteiger partial charge in [-0.2, -0.15) is 0 Å². The minimum atomic E-state index is 1.08. The number of hydrogen-bond donors (Lipinski definition) is 0. The van der Waals surface area contributed by atoms with E-state index < -0.39 is 0 Å². The van der Waals surface area contributed by atoms with E-state index in [1.54, 1.807) is 0 Å². The van der Waals surface area contributed by atoms with E-state index in [-0.39, 0.29) is 0 Å². The van der Waals surface area contributed by atoms with Crippen LogP contribution in [0.15, 0.2) is 102 Å². The van der Waals surface area contributed by atoms with Crippen molar-refractivity contribution in [2.75, 3.05) is 0 Å². The maximum Gasteiger partial charge on any atom is 0.0273 e. The van der Waals surface area contributed by atoms with Gasteiger partial charge in [-0.1, -0.05) is 70.5 Å². The first-order valence-corrected chi connectivity index (χ1v) is 10.5. The van der Waals surface area contributed by atoms with E-state index in [4.69, 9.17) is 0 Å². The molecule has 0 unspecified atom stereocenters. The van der Waals surface area contributed by atoms with Gasteiger partial charge in [0.2, 0.25) is 0 Å². The van der Waals surface area contributed by atoms with Gasteiger partial charge in [0.1, 0.15) is 0 Å². The molecule has 5 aromatic carbocycles. The average Bonchev–Trinajstić information content (AvgIpc) is 2.77. The quantitative estimate of drug-likeness (QED) is 0.251. The summed E-state index contributed by atoms with van der Waals surface area (Å²) in [6.45, 7) is 0. The summed E-state index contributed by atoms with van der Waals surface area (Å²) in [5.74, 6) is 0. The molecule has 29 heavy (non-hydrogen) atoms. The molecule has 0 aliphatic heterocycles. The molecule has 6 rings (SSSR count). The molecule has 0 saturated heterocycles. The van der Waals surface area contributed by atoms with Crippen molar-refractivity contribution in [3.63, 3.8) is 0 Å². The second-order valence-electron chi connectivity index (χ2n) is 7.43. The van der Waals surface area contributed by atoms with Crippen LogP contribution in [0.25, 0.3) is 54.6 Å². The maximum absolute atomic E-state index is 4.15. The fourth-order valence-electron chi connectivity index (χ4n) is 4.44. The largest absolute Gasteiger partial charge is 0.265 e. The summed E-state index contributed by atoms with van der Waals surface area (Å²) in [5, 5.41) is 7.88. The molecule has 0 saturated carbocycles. The average molecular weight is 434 g/mol. The van der Waals surface area contributed by atoms with Gasteiger partial charge in [-0.25, -0.2) is 0 Å². The highest BCUT2D eigenvalue weighted by Gasteiger charge is 2.13. The van der Waals surface area contributed by atoms with Crippen molar-refractivity contribution in [3.05, 3.63) is 102 Å². The van der Waals surface area contributed by atoms with Gasteiger partial charge in [0.15, 0.2) is 0 Å². The smallest absolute Gasteiger partial charge is 0.0273 e. The first-order valence-electron chi connectivity index (χ1n) is 9.66. The maximum atomic E-state index is 4.15. The zero-order valence-corrected chi connectivity index (χ0v) is 17.1. The van der Waals surface area contributed by atoms with E-state index in [2.05, 4.69) is 106 Å². The third kappa shape index (κ3) is 2.64. The third-order valence-electron chi connectivity index (χ3n) is 5.75.